The molecule has 6 rings (SSSR count). The van der Waals surface area contributed by atoms with Gasteiger partial charge in [0, 0.05) is 23.9 Å². The average Bonchev–Trinajstić information content (AvgIpc) is 3.97. The Morgan fingerprint density at radius 2 is 1.90 bits per heavy atom. The first kappa shape index (κ1) is 35.6. The van der Waals surface area contributed by atoms with Gasteiger partial charge in [-0.15, -0.1) is 6.58 Å². The molecule has 14 heteroatoms. The second kappa shape index (κ2) is 13.5. The highest BCUT2D eigenvalue weighted by molar-refractivity contribution is 7.91. The molecule has 3 heterocycles. The summed E-state index contributed by atoms with van der Waals surface area (Å²) < 4.78 is 39.5. The Kier molecular flexibility index (Phi) is 9.61. The van der Waals surface area contributed by atoms with E-state index in [4.69, 9.17) is 9.47 Å². The van der Waals surface area contributed by atoms with E-state index in [1.807, 2.05) is 13.0 Å². The molecular formula is C36H47N5O8S. The number of amides is 4. The van der Waals surface area contributed by atoms with Gasteiger partial charge < -0.3 is 25.0 Å². The number of carbonyl (C=O) groups excluding carboxylic acids is 4. The summed E-state index contributed by atoms with van der Waals surface area (Å²) in [5.74, 6) is -2.10. The molecule has 3 fully saturated rings. The van der Waals surface area contributed by atoms with E-state index >= 15 is 0 Å². The van der Waals surface area contributed by atoms with Gasteiger partial charge in [0.25, 0.3) is 5.91 Å². The molecule has 4 amide bonds. The van der Waals surface area contributed by atoms with Crippen LogP contribution in [0.4, 0.5) is 4.79 Å². The molecule has 0 unspecified atom stereocenters. The van der Waals surface area contributed by atoms with Crippen LogP contribution < -0.4 is 20.1 Å². The third-order valence-corrected chi connectivity index (χ3v) is 12.0. The third kappa shape index (κ3) is 7.31. The Labute approximate surface area is 293 Å². The van der Waals surface area contributed by atoms with Gasteiger partial charge in [0.2, 0.25) is 27.7 Å². The van der Waals surface area contributed by atoms with Gasteiger partial charge in [0.1, 0.15) is 23.7 Å². The summed E-state index contributed by atoms with van der Waals surface area (Å²) in [6, 6.07) is 3.97. The Morgan fingerprint density at radius 1 is 1.14 bits per heavy atom. The zero-order valence-electron chi connectivity index (χ0n) is 29.1. The molecular weight excluding hydrogens is 662 g/mol. The Morgan fingerprint density at radius 3 is 2.58 bits per heavy atom. The van der Waals surface area contributed by atoms with E-state index in [9.17, 15) is 27.6 Å². The lowest BCUT2D eigenvalue weighted by Crippen LogP contribution is -2.60. The number of hydrogen-bond donors (Lipinski definition) is 3. The molecule has 13 nitrogen and oxygen atoms in total. The van der Waals surface area contributed by atoms with Crippen LogP contribution in [0.25, 0.3) is 10.8 Å². The van der Waals surface area contributed by atoms with Crippen LogP contribution in [0, 0.1) is 18.3 Å². The number of rotatable bonds is 6. The summed E-state index contributed by atoms with van der Waals surface area (Å²) in [4.78, 5) is 61.0. The summed E-state index contributed by atoms with van der Waals surface area (Å²) in [6.45, 7) is 11.4. The summed E-state index contributed by atoms with van der Waals surface area (Å²) in [5, 5.41) is 6.72. The minimum atomic E-state index is -3.88. The standard InChI is InChI=1S/C36H47N5O8S/c1-6-23-19-36(23,33(44)40-50(46,47)25-11-12-25)39-30(42)28-18-24-20-41(28)32(43)29(35(3,4)5)38-34(45)48-15-9-7-8-10-22-16-21(2)26-13-14-37-31(49-24)27(26)17-22/h6,13-14,16-17,23-25,28-29H,1,7-12,15,18-20H2,2-5H3,(H,38,45)(H,39,42)(H,40,44)/t23-,24-,28+,29-,36-/m1/s1. The maximum absolute atomic E-state index is 14.4. The van der Waals surface area contributed by atoms with Crippen molar-refractivity contribution >= 4 is 44.6 Å². The van der Waals surface area contributed by atoms with E-state index in [2.05, 4.69) is 39.1 Å². The number of benzene rings is 1. The van der Waals surface area contributed by atoms with Crippen molar-refractivity contribution in [1.82, 2.24) is 25.2 Å². The van der Waals surface area contributed by atoms with Gasteiger partial charge >= 0.3 is 6.09 Å². The van der Waals surface area contributed by atoms with Crippen molar-refractivity contribution in [1.29, 1.82) is 0 Å². The van der Waals surface area contributed by atoms with Crippen LogP contribution in [0.2, 0.25) is 0 Å². The summed E-state index contributed by atoms with van der Waals surface area (Å²) in [5.41, 5.74) is -0.113. The van der Waals surface area contributed by atoms with Crippen molar-refractivity contribution in [3.63, 3.8) is 0 Å². The first-order valence-electron chi connectivity index (χ1n) is 17.4. The third-order valence-electron chi connectivity index (χ3n) is 10.2. The molecule has 5 atom stereocenters. The zero-order chi connectivity index (χ0) is 36.0. The van der Waals surface area contributed by atoms with Gasteiger partial charge in [-0.2, -0.15) is 0 Å². The number of aromatic nitrogens is 1. The highest BCUT2D eigenvalue weighted by atomic mass is 32.2. The molecule has 2 saturated carbocycles. The lowest BCUT2D eigenvalue weighted by molar-refractivity contribution is -0.142. The molecule has 1 aromatic carbocycles. The molecule has 50 heavy (non-hydrogen) atoms. The Bertz CT molecular complexity index is 1820. The molecule has 3 N–H and O–H groups in total. The van der Waals surface area contributed by atoms with Gasteiger partial charge in [-0.25, -0.2) is 18.2 Å². The number of fused-ring (bicyclic) bond motifs is 3. The van der Waals surface area contributed by atoms with E-state index in [1.165, 1.54) is 11.0 Å². The fourth-order valence-electron chi connectivity index (χ4n) is 7.06. The molecule has 2 aliphatic heterocycles. The second-order valence-electron chi connectivity index (χ2n) is 15.2. The number of alkyl carbamates (subject to hydrolysis) is 1. The second-order valence-corrected chi connectivity index (χ2v) is 17.1. The Balaban J connectivity index is 1.34. The quantitative estimate of drug-likeness (QED) is 0.380. The van der Waals surface area contributed by atoms with E-state index in [-0.39, 0.29) is 26.0 Å². The van der Waals surface area contributed by atoms with Crippen molar-refractivity contribution in [3.05, 3.63) is 48.2 Å². The van der Waals surface area contributed by atoms with Gasteiger partial charge in [-0.3, -0.25) is 19.1 Å². The van der Waals surface area contributed by atoms with Crippen LogP contribution in [-0.2, 0) is 35.6 Å². The molecule has 1 saturated heterocycles. The summed E-state index contributed by atoms with van der Waals surface area (Å²) in [6.07, 6.45) is 6.15. The lowest BCUT2D eigenvalue weighted by Gasteiger charge is -2.35. The van der Waals surface area contributed by atoms with Crippen molar-refractivity contribution in [2.45, 2.75) is 108 Å². The normalized spacial score (nSPS) is 27.7. The zero-order valence-corrected chi connectivity index (χ0v) is 29.9. The predicted octanol–water partition coefficient (Wildman–Crippen LogP) is 3.43. The fourth-order valence-corrected chi connectivity index (χ4v) is 8.42. The first-order valence-corrected chi connectivity index (χ1v) is 19.0. The monoisotopic (exact) mass is 709 g/mol. The first-order chi connectivity index (χ1) is 23.6. The van der Waals surface area contributed by atoms with E-state index < -0.39 is 74.1 Å². The lowest BCUT2D eigenvalue weighted by atomic mass is 9.85. The predicted molar refractivity (Wildman–Crippen MR) is 186 cm³/mol. The SMILES string of the molecule is C=C[C@@H]1C[C@]1(NC(=O)[C@@H]1C[C@@H]2CN1C(=O)[C@H](C(C)(C)C)NC(=O)OCCCCCc1cc(C)c3ccnc(c3c1)O2)C(=O)NS(=O)(=O)C1CC1. The van der Waals surface area contributed by atoms with Crippen LogP contribution in [0.1, 0.15) is 76.8 Å². The van der Waals surface area contributed by atoms with E-state index in [0.29, 0.717) is 25.1 Å². The fraction of sp³-hybridized carbons (Fsp3) is 0.583. The number of aryl methyl sites for hydroxylation is 2. The van der Waals surface area contributed by atoms with E-state index in [0.717, 1.165) is 41.2 Å². The number of pyridine rings is 1. The number of sulfonamides is 1. The number of nitrogens with zero attached hydrogens (tertiary/aromatic N) is 2. The maximum atomic E-state index is 14.4. The maximum Gasteiger partial charge on any atom is 0.407 e. The van der Waals surface area contributed by atoms with E-state index in [1.54, 1.807) is 27.0 Å². The molecule has 0 spiro atoms. The molecule has 270 valence electrons. The minimum Gasteiger partial charge on any atom is -0.472 e. The van der Waals surface area contributed by atoms with Crippen molar-refractivity contribution < 1.29 is 37.1 Å². The van der Waals surface area contributed by atoms with Crippen LogP contribution in [0.3, 0.4) is 0 Å². The summed E-state index contributed by atoms with van der Waals surface area (Å²) >= 11 is 0. The van der Waals surface area contributed by atoms with Gasteiger partial charge in [0.05, 0.1) is 18.4 Å². The topological polar surface area (TPSA) is 173 Å². The van der Waals surface area contributed by atoms with Crippen LogP contribution in [0.15, 0.2) is 37.1 Å². The largest absolute Gasteiger partial charge is 0.472 e. The van der Waals surface area contributed by atoms with Crippen LogP contribution in [-0.4, -0.2) is 84.2 Å². The number of carbonyl (C=O) groups is 4. The molecule has 2 aliphatic carbocycles. The van der Waals surface area contributed by atoms with Crippen LogP contribution in [0.5, 0.6) is 5.88 Å². The molecule has 0 radical (unpaired) electrons. The highest BCUT2D eigenvalue weighted by Crippen LogP contribution is 2.45. The van der Waals surface area contributed by atoms with Gasteiger partial charge in [-0.05, 0) is 85.9 Å². The molecule has 4 bridgehead atoms. The van der Waals surface area contributed by atoms with Crippen molar-refractivity contribution in [3.8, 4) is 5.88 Å². The van der Waals surface area contributed by atoms with Crippen molar-refractivity contribution in [2.75, 3.05) is 13.2 Å². The highest BCUT2D eigenvalue weighted by Gasteiger charge is 2.62. The van der Waals surface area contributed by atoms with Crippen LogP contribution >= 0.6 is 0 Å². The smallest absolute Gasteiger partial charge is 0.407 e. The van der Waals surface area contributed by atoms with Gasteiger partial charge in [-0.1, -0.05) is 32.9 Å². The van der Waals surface area contributed by atoms with Gasteiger partial charge in [0.15, 0.2) is 0 Å². The number of nitrogens with one attached hydrogen (secondary N) is 3. The molecule has 4 aliphatic rings. The average molecular weight is 710 g/mol. The number of hydrogen-bond acceptors (Lipinski definition) is 9. The Hall–Kier alpha value is -4.20. The number of ether oxygens (including phenoxy) is 2. The van der Waals surface area contributed by atoms with Crippen molar-refractivity contribution in [2.24, 2.45) is 11.3 Å². The minimum absolute atomic E-state index is 0.00287. The number of cyclic esters (lactones) is 1. The summed E-state index contributed by atoms with van der Waals surface area (Å²) in [7, 11) is -3.88. The molecule has 1 aromatic heterocycles. The molecule has 2 aromatic rings.